The van der Waals surface area contributed by atoms with Gasteiger partial charge in [0.15, 0.2) is 0 Å². The normalized spacial score (nSPS) is 12.0. The SMILES string of the molecule is C=CCC(Nc1ncns1)C(=O)O. The van der Waals surface area contributed by atoms with Crippen LogP contribution < -0.4 is 5.32 Å². The van der Waals surface area contributed by atoms with Gasteiger partial charge in [0.05, 0.1) is 0 Å². The molecule has 0 aliphatic carbocycles. The zero-order chi connectivity index (χ0) is 9.68. The molecule has 1 aromatic rings. The molecule has 0 aliphatic rings. The number of aliphatic carboxylic acids is 1. The standard InChI is InChI=1S/C7H9N3O2S/c1-2-3-5(6(11)12)10-7-8-4-9-13-7/h2,4-5H,1,3H2,(H,11,12)(H,8,9,10). The summed E-state index contributed by atoms with van der Waals surface area (Å²) < 4.78 is 3.74. The predicted molar refractivity (Wildman–Crippen MR) is 49.8 cm³/mol. The molecular weight excluding hydrogens is 190 g/mol. The van der Waals surface area contributed by atoms with Gasteiger partial charge in [-0.15, -0.1) is 6.58 Å². The molecular formula is C7H9N3O2S. The van der Waals surface area contributed by atoms with Crippen LogP contribution in [0.1, 0.15) is 6.42 Å². The Bertz CT molecular complexity index is 286. The Kier molecular flexibility index (Phi) is 3.39. The summed E-state index contributed by atoms with van der Waals surface area (Å²) in [4.78, 5) is 14.5. The van der Waals surface area contributed by atoms with Crippen LogP contribution in [0.25, 0.3) is 0 Å². The number of nitrogens with zero attached hydrogens (tertiary/aromatic N) is 2. The lowest BCUT2D eigenvalue weighted by molar-refractivity contribution is -0.137. The first kappa shape index (κ1) is 9.66. The van der Waals surface area contributed by atoms with Crippen molar-refractivity contribution in [3.05, 3.63) is 19.0 Å². The van der Waals surface area contributed by atoms with Gasteiger partial charge in [-0.05, 0) is 6.42 Å². The average molecular weight is 199 g/mol. The minimum absolute atomic E-state index is 0.356. The molecule has 6 heteroatoms. The molecule has 1 atom stereocenters. The maximum Gasteiger partial charge on any atom is 0.326 e. The molecule has 0 saturated carbocycles. The Morgan fingerprint density at radius 3 is 3.15 bits per heavy atom. The average Bonchev–Trinajstić information content (AvgIpc) is 2.56. The van der Waals surface area contributed by atoms with E-state index in [9.17, 15) is 4.79 Å². The van der Waals surface area contributed by atoms with E-state index in [0.717, 1.165) is 11.5 Å². The number of aromatic nitrogens is 2. The highest BCUT2D eigenvalue weighted by molar-refractivity contribution is 7.09. The molecule has 13 heavy (non-hydrogen) atoms. The van der Waals surface area contributed by atoms with Gasteiger partial charge >= 0.3 is 5.97 Å². The summed E-state index contributed by atoms with van der Waals surface area (Å²) in [6, 6.07) is -0.676. The number of hydrogen-bond acceptors (Lipinski definition) is 5. The first-order valence-corrected chi connectivity index (χ1v) is 4.38. The highest BCUT2D eigenvalue weighted by Gasteiger charge is 2.15. The first-order valence-electron chi connectivity index (χ1n) is 3.61. The van der Waals surface area contributed by atoms with E-state index in [0.29, 0.717) is 11.6 Å². The number of carbonyl (C=O) groups is 1. The van der Waals surface area contributed by atoms with Crippen LogP contribution in [0.2, 0.25) is 0 Å². The van der Waals surface area contributed by atoms with Gasteiger partial charge in [0.25, 0.3) is 0 Å². The van der Waals surface area contributed by atoms with Crippen molar-refractivity contribution in [1.29, 1.82) is 0 Å². The number of carboxylic acid groups (broad SMARTS) is 1. The number of carboxylic acids is 1. The molecule has 0 bridgehead atoms. The number of anilines is 1. The van der Waals surface area contributed by atoms with Gasteiger partial charge in [0.1, 0.15) is 12.4 Å². The predicted octanol–water partition coefficient (Wildman–Crippen LogP) is 0.979. The monoisotopic (exact) mass is 199 g/mol. The van der Waals surface area contributed by atoms with Gasteiger partial charge in [-0.2, -0.15) is 4.37 Å². The fourth-order valence-electron chi connectivity index (χ4n) is 0.774. The molecule has 5 nitrogen and oxygen atoms in total. The molecule has 0 aliphatic heterocycles. The molecule has 1 aromatic heterocycles. The van der Waals surface area contributed by atoms with Crippen molar-refractivity contribution in [2.75, 3.05) is 5.32 Å². The van der Waals surface area contributed by atoms with Crippen molar-refractivity contribution in [1.82, 2.24) is 9.36 Å². The summed E-state index contributed by atoms with van der Waals surface area (Å²) in [5, 5.41) is 12.0. The fourth-order valence-corrected chi connectivity index (χ4v) is 1.26. The van der Waals surface area contributed by atoms with E-state index >= 15 is 0 Å². The second kappa shape index (κ2) is 4.56. The van der Waals surface area contributed by atoms with E-state index in [1.165, 1.54) is 6.33 Å². The fraction of sp³-hybridized carbons (Fsp3) is 0.286. The first-order chi connectivity index (χ1) is 6.24. The summed E-state index contributed by atoms with van der Waals surface area (Å²) in [5.74, 6) is -0.921. The Morgan fingerprint density at radius 1 is 1.92 bits per heavy atom. The zero-order valence-electron chi connectivity index (χ0n) is 6.80. The third-order valence-electron chi connectivity index (χ3n) is 1.36. The van der Waals surface area contributed by atoms with Gasteiger partial charge in [-0.3, -0.25) is 0 Å². The van der Waals surface area contributed by atoms with Crippen molar-refractivity contribution >= 4 is 22.6 Å². The Hall–Kier alpha value is -1.43. The molecule has 0 spiro atoms. The summed E-state index contributed by atoms with van der Waals surface area (Å²) in [6.45, 7) is 3.48. The molecule has 0 aromatic carbocycles. The Balaban J connectivity index is 2.57. The van der Waals surface area contributed by atoms with E-state index in [1.54, 1.807) is 6.08 Å². The highest BCUT2D eigenvalue weighted by Crippen LogP contribution is 2.10. The van der Waals surface area contributed by atoms with E-state index < -0.39 is 12.0 Å². The molecule has 1 heterocycles. The van der Waals surface area contributed by atoms with Gasteiger partial charge in [-0.25, -0.2) is 9.78 Å². The van der Waals surface area contributed by atoms with Crippen LogP contribution in [-0.4, -0.2) is 26.5 Å². The maximum absolute atomic E-state index is 10.7. The Labute approximate surface area is 79.3 Å². The summed E-state index contributed by atoms with van der Waals surface area (Å²) >= 11 is 1.12. The van der Waals surface area contributed by atoms with Crippen molar-refractivity contribution < 1.29 is 9.90 Å². The van der Waals surface area contributed by atoms with Crippen LogP contribution in [0.3, 0.4) is 0 Å². The number of rotatable bonds is 5. The van der Waals surface area contributed by atoms with Crippen LogP contribution in [0.15, 0.2) is 19.0 Å². The zero-order valence-corrected chi connectivity index (χ0v) is 7.62. The lowest BCUT2D eigenvalue weighted by atomic mass is 10.2. The maximum atomic E-state index is 10.7. The van der Waals surface area contributed by atoms with Gasteiger partial charge in [0, 0.05) is 11.5 Å². The number of hydrogen-bond donors (Lipinski definition) is 2. The Morgan fingerprint density at radius 2 is 2.69 bits per heavy atom. The lowest BCUT2D eigenvalue weighted by Gasteiger charge is -2.09. The number of nitrogens with one attached hydrogen (secondary N) is 1. The van der Waals surface area contributed by atoms with Crippen LogP contribution >= 0.6 is 11.5 Å². The van der Waals surface area contributed by atoms with E-state index in [-0.39, 0.29) is 0 Å². The van der Waals surface area contributed by atoms with Crippen LogP contribution in [0.4, 0.5) is 5.13 Å². The second-order valence-corrected chi connectivity index (χ2v) is 3.09. The minimum Gasteiger partial charge on any atom is -0.480 e. The topological polar surface area (TPSA) is 75.1 Å². The van der Waals surface area contributed by atoms with Crippen molar-refractivity contribution in [2.24, 2.45) is 0 Å². The molecule has 0 radical (unpaired) electrons. The van der Waals surface area contributed by atoms with E-state index in [2.05, 4.69) is 21.3 Å². The van der Waals surface area contributed by atoms with E-state index in [4.69, 9.17) is 5.11 Å². The molecule has 0 saturated heterocycles. The largest absolute Gasteiger partial charge is 0.480 e. The van der Waals surface area contributed by atoms with Crippen LogP contribution in [-0.2, 0) is 4.79 Å². The van der Waals surface area contributed by atoms with Gasteiger partial charge in [0.2, 0.25) is 5.13 Å². The third kappa shape index (κ3) is 2.83. The van der Waals surface area contributed by atoms with Crippen molar-refractivity contribution in [2.45, 2.75) is 12.5 Å². The summed E-state index contributed by atoms with van der Waals surface area (Å²) in [7, 11) is 0. The third-order valence-corrected chi connectivity index (χ3v) is 1.96. The molecule has 0 amide bonds. The van der Waals surface area contributed by atoms with Crippen LogP contribution in [0.5, 0.6) is 0 Å². The van der Waals surface area contributed by atoms with Gasteiger partial charge < -0.3 is 10.4 Å². The minimum atomic E-state index is -0.921. The van der Waals surface area contributed by atoms with Crippen LogP contribution in [0, 0.1) is 0 Å². The molecule has 1 rings (SSSR count). The lowest BCUT2D eigenvalue weighted by Crippen LogP contribution is -2.28. The molecule has 70 valence electrons. The summed E-state index contributed by atoms with van der Waals surface area (Å²) in [6.07, 6.45) is 3.28. The van der Waals surface area contributed by atoms with E-state index in [1.807, 2.05) is 0 Å². The second-order valence-electron chi connectivity index (χ2n) is 2.31. The van der Waals surface area contributed by atoms with Crippen molar-refractivity contribution in [3.8, 4) is 0 Å². The van der Waals surface area contributed by atoms with Crippen molar-refractivity contribution in [3.63, 3.8) is 0 Å². The molecule has 2 N–H and O–H groups in total. The quantitative estimate of drug-likeness (QED) is 0.691. The molecule has 0 fully saturated rings. The summed E-state index contributed by atoms with van der Waals surface area (Å²) in [5.41, 5.74) is 0. The van der Waals surface area contributed by atoms with Gasteiger partial charge in [-0.1, -0.05) is 6.08 Å². The smallest absolute Gasteiger partial charge is 0.326 e. The molecule has 1 unspecified atom stereocenters. The highest BCUT2D eigenvalue weighted by atomic mass is 32.1.